The molecule has 0 aliphatic heterocycles. The van der Waals surface area contributed by atoms with Gasteiger partial charge in [0, 0.05) is 17.1 Å². The molecular formula is C26H24N5O5S-. The third-order valence-electron chi connectivity index (χ3n) is 5.34. The van der Waals surface area contributed by atoms with Gasteiger partial charge in [0.2, 0.25) is 0 Å². The number of unbranched alkanes of at least 4 members (excludes halogenated alkanes) is 1. The number of nitrogen functional groups attached to an aromatic ring is 1. The van der Waals surface area contributed by atoms with Crippen molar-refractivity contribution in [3.63, 3.8) is 0 Å². The normalized spacial score (nSPS) is 12.1. The van der Waals surface area contributed by atoms with Crippen LogP contribution in [0.3, 0.4) is 0 Å². The number of nitrogens with zero attached hydrogens (tertiary/aromatic N) is 4. The van der Waals surface area contributed by atoms with Crippen LogP contribution in [-0.2, 0) is 10.1 Å². The summed E-state index contributed by atoms with van der Waals surface area (Å²) in [6.07, 6.45) is 1.70. The van der Waals surface area contributed by atoms with Gasteiger partial charge in [0.1, 0.15) is 27.2 Å². The second-order valence-electron chi connectivity index (χ2n) is 8.10. The van der Waals surface area contributed by atoms with Crippen LogP contribution in [0.4, 0.5) is 28.4 Å². The fourth-order valence-corrected chi connectivity index (χ4v) is 4.10. The maximum absolute atomic E-state index is 12.0. The van der Waals surface area contributed by atoms with Gasteiger partial charge in [-0.15, -0.1) is 10.2 Å². The number of hydrogen-bond acceptors (Lipinski definition) is 10. The summed E-state index contributed by atoms with van der Waals surface area (Å²) < 4.78 is 41.7. The van der Waals surface area contributed by atoms with E-state index < -0.39 is 26.5 Å². The van der Waals surface area contributed by atoms with Gasteiger partial charge in [0.05, 0.1) is 22.9 Å². The average molecular weight is 519 g/mol. The zero-order valence-electron chi connectivity index (χ0n) is 19.9. The minimum absolute atomic E-state index is 0.234. The Morgan fingerprint density at radius 3 is 2.41 bits per heavy atom. The number of nitrogens with two attached hydrogens (primary N) is 1. The quantitative estimate of drug-likeness (QED) is 0.104. The van der Waals surface area contributed by atoms with Gasteiger partial charge in [-0.05, 0) is 54.3 Å². The molecule has 3 N–H and O–H groups in total. The van der Waals surface area contributed by atoms with E-state index in [4.69, 9.17) is 10.5 Å². The SMILES string of the molecule is CCCCOc1cc(N=Nc2ccccc2)ccc1N=Nc1c(S(=O)(=O)[O-])cc2ccc(N)cc2c1O. The Labute approximate surface area is 213 Å². The van der Waals surface area contributed by atoms with Gasteiger partial charge in [-0.25, -0.2) is 8.42 Å². The lowest BCUT2D eigenvalue weighted by Gasteiger charge is -2.14. The second-order valence-corrected chi connectivity index (χ2v) is 9.44. The third kappa shape index (κ3) is 6.26. The van der Waals surface area contributed by atoms with Crippen LogP contribution in [0.25, 0.3) is 10.8 Å². The Hall–Kier alpha value is -4.35. The van der Waals surface area contributed by atoms with E-state index in [1.54, 1.807) is 18.2 Å². The number of phenols is 1. The van der Waals surface area contributed by atoms with Crippen molar-refractivity contribution in [1.82, 2.24) is 0 Å². The largest absolute Gasteiger partial charge is 0.744 e. The summed E-state index contributed by atoms with van der Waals surface area (Å²) in [6.45, 7) is 2.42. The first-order valence-electron chi connectivity index (χ1n) is 11.4. The third-order valence-corrected chi connectivity index (χ3v) is 6.19. The summed E-state index contributed by atoms with van der Waals surface area (Å²) >= 11 is 0. The number of hydrogen-bond donors (Lipinski definition) is 2. The highest BCUT2D eigenvalue weighted by molar-refractivity contribution is 7.86. The van der Waals surface area contributed by atoms with Crippen LogP contribution >= 0.6 is 0 Å². The summed E-state index contributed by atoms with van der Waals surface area (Å²) in [5.74, 6) is -0.192. The lowest BCUT2D eigenvalue weighted by Crippen LogP contribution is -2.00. The highest BCUT2D eigenvalue weighted by Crippen LogP contribution is 2.43. The summed E-state index contributed by atoms with van der Waals surface area (Å²) in [5.41, 5.74) is 7.09. The molecule has 4 aromatic carbocycles. The summed E-state index contributed by atoms with van der Waals surface area (Å²) in [4.78, 5) is -0.701. The van der Waals surface area contributed by atoms with Crippen LogP contribution in [0.5, 0.6) is 11.5 Å². The van der Waals surface area contributed by atoms with Crippen molar-refractivity contribution in [2.24, 2.45) is 20.5 Å². The topological polar surface area (TPSA) is 162 Å². The minimum Gasteiger partial charge on any atom is -0.744 e. The van der Waals surface area contributed by atoms with Crippen LogP contribution in [0.2, 0.25) is 0 Å². The van der Waals surface area contributed by atoms with Crippen molar-refractivity contribution in [1.29, 1.82) is 0 Å². The van der Waals surface area contributed by atoms with E-state index in [-0.39, 0.29) is 11.1 Å². The van der Waals surface area contributed by atoms with Crippen LogP contribution in [0.15, 0.2) is 98.1 Å². The predicted molar refractivity (Wildman–Crippen MR) is 140 cm³/mol. The van der Waals surface area contributed by atoms with E-state index in [9.17, 15) is 18.1 Å². The van der Waals surface area contributed by atoms with E-state index in [1.165, 1.54) is 18.2 Å². The van der Waals surface area contributed by atoms with Crippen molar-refractivity contribution in [2.45, 2.75) is 24.7 Å². The molecule has 11 heteroatoms. The average Bonchev–Trinajstić information content (AvgIpc) is 2.88. The molecular weight excluding hydrogens is 494 g/mol. The number of fused-ring (bicyclic) bond motifs is 1. The van der Waals surface area contributed by atoms with Crippen LogP contribution in [-0.4, -0.2) is 24.7 Å². The zero-order chi connectivity index (χ0) is 26.4. The molecule has 0 spiro atoms. The van der Waals surface area contributed by atoms with Crippen molar-refractivity contribution in [3.05, 3.63) is 72.8 Å². The molecule has 0 atom stereocenters. The molecule has 10 nitrogen and oxygen atoms in total. The van der Waals surface area contributed by atoms with E-state index in [0.717, 1.165) is 18.9 Å². The number of benzene rings is 4. The van der Waals surface area contributed by atoms with E-state index >= 15 is 0 Å². The molecule has 0 saturated carbocycles. The Kier molecular flexibility index (Phi) is 7.75. The van der Waals surface area contributed by atoms with Gasteiger partial charge in [-0.3, -0.25) is 0 Å². The second kappa shape index (κ2) is 11.1. The number of ether oxygens (including phenoxy) is 1. The molecule has 0 heterocycles. The Morgan fingerprint density at radius 2 is 1.68 bits per heavy atom. The lowest BCUT2D eigenvalue weighted by molar-refractivity contribution is 0.310. The van der Waals surface area contributed by atoms with Gasteiger partial charge in [0.15, 0.2) is 5.75 Å². The Bertz CT molecular complexity index is 1590. The molecule has 37 heavy (non-hydrogen) atoms. The molecule has 4 aromatic rings. The molecule has 0 aliphatic carbocycles. The van der Waals surface area contributed by atoms with Gasteiger partial charge < -0.3 is 20.1 Å². The Morgan fingerprint density at radius 1 is 0.919 bits per heavy atom. The van der Waals surface area contributed by atoms with Gasteiger partial charge in [-0.2, -0.15) is 10.2 Å². The van der Waals surface area contributed by atoms with Crippen molar-refractivity contribution >= 4 is 49.3 Å². The highest BCUT2D eigenvalue weighted by Gasteiger charge is 2.18. The first kappa shape index (κ1) is 25.7. The standard InChI is InChI=1S/C26H25N5O5S/c1-2-3-13-36-23-16-20(29-28-19-7-5-4-6-8-19)11-12-22(23)30-31-25-24(37(33,34)35)14-17-9-10-18(27)15-21(17)26(25)32/h4-12,14-16,32H,2-3,13,27H2,1H3,(H,33,34,35)/p-1. The summed E-state index contributed by atoms with van der Waals surface area (Å²) in [6, 6.07) is 19.7. The van der Waals surface area contributed by atoms with Gasteiger partial charge in [-0.1, -0.05) is 37.6 Å². The van der Waals surface area contributed by atoms with Gasteiger partial charge >= 0.3 is 0 Å². The minimum atomic E-state index is -4.98. The number of anilines is 1. The van der Waals surface area contributed by atoms with Crippen LogP contribution in [0.1, 0.15) is 19.8 Å². The Balaban J connectivity index is 1.76. The smallest absolute Gasteiger partial charge is 0.152 e. The van der Waals surface area contributed by atoms with Gasteiger partial charge in [0.25, 0.3) is 0 Å². The molecule has 0 fully saturated rings. The number of azo groups is 2. The molecule has 0 radical (unpaired) electrons. The van der Waals surface area contributed by atoms with Crippen LogP contribution < -0.4 is 10.5 Å². The van der Waals surface area contributed by atoms with E-state index in [2.05, 4.69) is 20.5 Å². The summed E-state index contributed by atoms with van der Waals surface area (Å²) in [7, 11) is -4.98. The molecule has 0 unspecified atom stereocenters. The molecule has 0 aliphatic rings. The number of rotatable bonds is 9. The summed E-state index contributed by atoms with van der Waals surface area (Å²) in [5, 5.41) is 27.8. The molecule has 0 aromatic heterocycles. The lowest BCUT2D eigenvalue weighted by atomic mass is 10.1. The fourth-order valence-electron chi connectivity index (χ4n) is 3.45. The zero-order valence-corrected chi connectivity index (χ0v) is 20.7. The molecule has 4 rings (SSSR count). The van der Waals surface area contributed by atoms with Crippen LogP contribution in [0, 0.1) is 0 Å². The molecule has 0 amide bonds. The monoisotopic (exact) mass is 518 g/mol. The fraction of sp³-hybridized carbons (Fsp3) is 0.154. The maximum Gasteiger partial charge on any atom is 0.152 e. The maximum atomic E-state index is 12.0. The van der Waals surface area contributed by atoms with E-state index in [1.807, 2.05) is 37.3 Å². The van der Waals surface area contributed by atoms with Crippen molar-refractivity contribution in [3.8, 4) is 11.5 Å². The molecule has 0 bridgehead atoms. The van der Waals surface area contributed by atoms with Crippen molar-refractivity contribution < 1.29 is 22.8 Å². The number of aromatic hydroxyl groups is 1. The first-order chi connectivity index (χ1) is 17.8. The number of phenolic OH excluding ortho intramolecular Hbond substituents is 1. The van der Waals surface area contributed by atoms with Crippen molar-refractivity contribution in [2.75, 3.05) is 12.3 Å². The predicted octanol–water partition coefficient (Wildman–Crippen LogP) is 7.04. The first-order valence-corrected chi connectivity index (χ1v) is 12.8. The molecule has 0 saturated heterocycles. The van der Waals surface area contributed by atoms with E-state index in [0.29, 0.717) is 34.8 Å². The molecule has 190 valence electrons. The highest BCUT2D eigenvalue weighted by atomic mass is 32.2.